The van der Waals surface area contributed by atoms with E-state index in [0.29, 0.717) is 13.0 Å². The summed E-state index contributed by atoms with van der Waals surface area (Å²) < 4.78 is 42.5. The molecule has 0 radical (unpaired) electrons. The van der Waals surface area contributed by atoms with E-state index in [2.05, 4.69) is 4.74 Å². The third kappa shape index (κ3) is 3.34. The number of carbonyl (C=O) groups is 2. The first kappa shape index (κ1) is 15.3. The van der Waals surface area contributed by atoms with Gasteiger partial charge < -0.3 is 9.64 Å². The minimum Gasteiger partial charge on any atom is -0.469 e. The standard InChI is InChI=1S/C14H14F3NO3/c1-21-13(20)10-5-6-18(8-10)12(19)9-3-2-4-11(7-9)14(15,16)17/h2-4,7,10H,5-6,8H2,1H3. The van der Waals surface area contributed by atoms with Gasteiger partial charge in [-0.15, -0.1) is 0 Å². The highest BCUT2D eigenvalue weighted by Crippen LogP contribution is 2.30. The topological polar surface area (TPSA) is 46.6 Å². The van der Waals surface area contributed by atoms with Crippen LogP contribution in [0.15, 0.2) is 24.3 Å². The van der Waals surface area contributed by atoms with Crippen molar-refractivity contribution in [1.29, 1.82) is 0 Å². The molecule has 1 heterocycles. The van der Waals surface area contributed by atoms with Crippen molar-refractivity contribution in [2.75, 3.05) is 20.2 Å². The van der Waals surface area contributed by atoms with Crippen LogP contribution in [0.4, 0.5) is 13.2 Å². The summed E-state index contributed by atoms with van der Waals surface area (Å²) in [5.41, 5.74) is -0.896. The Morgan fingerprint density at radius 3 is 2.67 bits per heavy atom. The lowest BCUT2D eigenvalue weighted by atomic mass is 10.1. The molecule has 1 aliphatic rings. The number of methoxy groups -OCH3 is 1. The molecule has 1 fully saturated rings. The van der Waals surface area contributed by atoms with Crippen molar-refractivity contribution in [2.24, 2.45) is 5.92 Å². The fourth-order valence-corrected chi connectivity index (χ4v) is 2.31. The van der Waals surface area contributed by atoms with E-state index in [-0.39, 0.29) is 12.1 Å². The first-order valence-corrected chi connectivity index (χ1v) is 6.37. The van der Waals surface area contributed by atoms with E-state index in [9.17, 15) is 22.8 Å². The van der Waals surface area contributed by atoms with E-state index in [1.54, 1.807) is 0 Å². The van der Waals surface area contributed by atoms with Gasteiger partial charge in [-0.05, 0) is 24.6 Å². The Balaban J connectivity index is 2.13. The summed E-state index contributed by atoms with van der Waals surface area (Å²) in [6.45, 7) is 0.497. The van der Waals surface area contributed by atoms with Crippen molar-refractivity contribution in [3.8, 4) is 0 Å². The van der Waals surface area contributed by atoms with Gasteiger partial charge in [0.1, 0.15) is 0 Å². The Kier molecular flexibility index (Phi) is 4.20. The van der Waals surface area contributed by atoms with Crippen LogP contribution in [0.5, 0.6) is 0 Å². The van der Waals surface area contributed by atoms with E-state index < -0.39 is 29.5 Å². The highest BCUT2D eigenvalue weighted by Gasteiger charge is 2.34. The van der Waals surface area contributed by atoms with Crippen LogP contribution >= 0.6 is 0 Å². The lowest BCUT2D eigenvalue weighted by Gasteiger charge is -2.17. The zero-order chi connectivity index (χ0) is 15.6. The summed E-state index contributed by atoms with van der Waals surface area (Å²) in [5, 5.41) is 0. The number of alkyl halides is 3. The zero-order valence-corrected chi connectivity index (χ0v) is 11.3. The third-order valence-electron chi connectivity index (χ3n) is 3.45. The maximum absolute atomic E-state index is 12.6. The van der Waals surface area contributed by atoms with Crippen LogP contribution in [0.25, 0.3) is 0 Å². The van der Waals surface area contributed by atoms with Crippen molar-refractivity contribution in [1.82, 2.24) is 4.90 Å². The largest absolute Gasteiger partial charge is 0.469 e. The van der Waals surface area contributed by atoms with E-state index in [1.807, 2.05) is 0 Å². The smallest absolute Gasteiger partial charge is 0.416 e. The van der Waals surface area contributed by atoms with Gasteiger partial charge in [0.05, 0.1) is 18.6 Å². The summed E-state index contributed by atoms with van der Waals surface area (Å²) in [6, 6.07) is 4.28. The number of rotatable bonds is 2. The van der Waals surface area contributed by atoms with Crippen LogP contribution in [-0.4, -0.2) is 37.0 Å². The molecule has 2 rings (SSSR count). The number of hydrogen-bond acceptors (Lipinski definition) is 3. The molecule has 114 valence electrons. The number of esters is 1. The summed E-state index contributed by atoms with van der Waals surface area (Å²) >= 11 is 0. The van der Waals surface area contributed by atoms with Crippen molar-refractivity contribution < 1.29 is 27.5 Å². The van der Waals surface area contributed by atoms with Gasteiger partial charge in [-0.1, -0.05) is 6.07 Å². The average Bonchev–Trinajstić information content (AvgIpc) is 2.94. The monoisotopic (exact) mass is 301 g/mol. The van der Waals surface area contributed by atoms with Crippen molar-refractivity contribution in [3.05, 3.63) is 35.4 Å². The molecule has 1 amide bonds. The number of carbonyl (C=O) groups excluding carboxylic acids is 2. The molecule has 1 aliphatic heterocycles. The number of ether oxygens (including phenoxy) is 1. The van der Waals surface area contributed by atoms with Gasteiger partial charge in [-0.25, -0.2) is 0 Å². The first-order valence-electron chi connectivity index (χ1n) is 6.37. The summed E-state index contributed by atoms with van der Waals surface area (Å²) in [6.07, 6.45) is -4.03. The fourth-order valence-electron chi connectivity index (χ4n) is 2.31. The molecule has 1 unspecified atom stereocenters. The van der Waals surface area contributed by atoms with Crippen molar-refractivity contribution in [2.45, 2.75) is 12.6 Å². The SMILES string of the molecule is COC(=O)C1CCN(C(=O)c2cccc(C(F)(F)F)c2)C1. The molecule has 4 nitrogen and oxygen atoms in total. The van der Waals surface area contributed by atoms with Gasteiger partial charge in [0.25, 0.3) is 5.91 Å². The molecule has 0 aliphatic carbocycles. The number of benzene rings is 1. The second kappa shape index (κ2) is 5.75. The second-order valence-corrected chi connectivity index (χ2v) is 4.84. The molecule has 1 atom stereocenters. The number of amides is 1. The first-order chi connectivity index (χ1) is 9.82. The van der Waals surface area contributed by atoms with Gasteiger partial charge >= 0.3 is 12.1 Å². The summed E-state index contributed by atoms with van der Waals surface area (Å²) in [7, 11) is 1.26. The third-order valence-corrected chi connectivity index (χ3v) is 3.45. The lowest BCUT2D eigenvalue weighted by Crippen LogP contribution is -2.30. The summed E-state index contributed by atoms with van der Waals surface area (Å²) in [4.78, 5) is 25.0. The van der Waals surface area contributed by atoms with Gasteiger partial charge in [-0.3, -0.25) is 9.59 Å². The van der Waals surface area contributed by atoms with Crippen LogP contribution in [-0.2, 0) is 15.7 Å². The van der Waals surface area contributed by atoms with Crippen LogP contribution in [0.2, 0.25) is 0 Å². The molecule has 0 spiro atoms. The number of nitrogens with zero attached hydrogens (tertiary/aromatic N) is 1. The predicted octanol–water partition coefficient (Wildman–Crippen LogP) is 2.34. The average molecular weight is 301 g/mol. The Morgan fingerprint density at radius 1 is 1.33 bits per heavy atom. The van der Waals surface area contributed by atoms with Crippen molar-refractivity contribution >= 4 is 11.9 Å². The molecule has 0 N–H and O–H groups in total. The Labute approximate surface area is 119 Å². The normalized spacial score (nSPS) is 18.7. The Hall–Kier alpha value is -2.05. The maximum atomic E-state index is 12.6. The van der Waals surface area contributed by atoms with Gasteiger partial charge in [-0.2, -0.15) is 13.2 Å². The zero-order valence-electron chi connectivity index (χ0n) is 11.3. The second-order valence-electron chi connectivity index (χ2n) is 4.84. The highest BCUT2D eigenvalue weighted by molar-refractivity contribution is 5.95. The molecule has 0 aromatic heterocycles. The van der Waals surface area contributed by atoms with Gasteiger partial charge in [0.2, 0.25) is 0 Å². The number of hydrogen-bond donors (Lipinski definition) is 0. The predicted molar refractivity (Wildman–Crippen MR) is 67.5 cm³/mol. The molecular formula is C14H14F3NO3. The van der Waals surface area contributed by atoms with Crippen LogP contribution in [0, 0.1) is 5.92 Å². The number of halogens is 3. The molecule has 7 heteroatoms. The number of likely N-dealkylation sites (tertiary alicyclic amines) is 1. The van der Waals surface area contributed by atoms with Crippen LogP contribution < -0.4 is 0 Å². The van der Waals surface area contributed by atoms with Gasteiger partial charge in [0, 0.05) is 18.7 Å². The van der Waals surface area contributed by atoms with E-state index in [4.69, 9.17) is 0 Å². The summed E-state index contributed by atoms with van der Waals surface area (Å²) in [5.74, 6) is -1.33. The molecule has 1 aromatic rings. The van der Waals surface area contributed by atoms with Crippen LogP contribution in [0.3, 0.4) is 0 Å². The Bertz CT molecular complexity index is 557. The molecular weight excluding hydrogens is 287 g/mol. The lowest BCUT2D eigenvalue weighted by molar-refractivity contribution is -0.144. The molecule has 1 aromatic carbocycles. The molecule has 21 heavy (non-hydrogen) atoms. The fraction of sp³-hybridized carbons (Fsp3) is 0.429. The highest BCUT2D eigenvalue weighted by atomic mass is 19.4. The molecule has 1 saturated heterocycles. The quantitative estimate of drug-likeness (QED) is 0.788. The van der Waals surface area contributed by atoms with Crippen molar-refractivity contribution in [3.63, 3.8) is 0 Å². The van der Waals surface area contributed by atoms with Gasteiger partial charge in [0.15, 0.2) is 0 Å². The molecule has 0 saturated carbocycles. The maximum Gasteiger partial charge on any atom is 0.416 e. The minimum atomic E-state index is -4.49. The van der Waals surface area contributed by atoms with E-state index in [1.165, 1.54) is 24.1 Å². The van der Waals surface area contributed by atoms with Crippen LogP contribution in [0.1, 0.15) is 22.3 Å². The Morgan fingerprint density at radius 2 is 2.05 bits per heavy atom. The van der Waals surface area contributed by atoms with E-state index in [0.717, 1.165) is 12.1 Å². The molecule has 0 bridgehead atoms. The van der Waals surface area contributed by atoms with E-state index >= 15 is 0 Å². The minimum absolute atomic E-state index is 0.0321.